The molecule has 0 radical (unpaired) electrons. The molecule has 0 unspecified atom stereocenters. The van der Waals surface area contributed by atoms with Gasteiger partial charge in [0.1, 0.15) is 0 Å². The zero-order valence-corrected chi connectivity index (χ0v) is 8.63. The van der Waals surface area contributed by atoms with Crippen LogP contribution < -0.4 is 0 Å². The zero-order chi connectivity index (χ0) is 10.3. The van der Waals surface area contributed by atoms with E-state index in [1.807, 2.05) is 6.92 Å². The van der Waals surface area contributed by atoms with E-state index in [4.69, 9.17) is 0 Å². The lowest BCUT2D eigenvalue weighted by molar-refractivity contribution is -0.128. The molecule has 13 heavy (non-hydrogen) atoms. The fourth-order valence-corrected chi connectivity index (χ4v) is 1.68. The second-order valence-electron chi connectivity index (χ2n) is 2.52. The highest BCUT2D eigenvalue weighted by Crippen LogP contribution is 1.99. The molecule has 0 N–H and O–H groups in total. The Balaban J connectivity index is 4.10. The summed E-state index contributed by atoms with van der Waals surface area (Å²) in [5.41, 5.74) is 0. The first-order valence-electron chi connectivity index (χ1n) is 4.10. The first-order chi connectivity index (χ1) is 6.02. The monoisotopic (exact) mass is 206 g/mol. The maximum atomic E-state index is 11.0. The molecular formula is C8H14O4S. The Kier molecular flexibility index (Phi) is 5.37. The van der Waals surface area contributed by atoms with Crippen molar-refractivity contribution in [2.24, 2.45) is 0 Å². The lowest BCUT2D eigenvalue weighted by atomic mass is 10.4. The van der Waals surface area contributed by atoms with Gasteiger partial charge in [0, 0.05) is 6.08 Å². The summed E-state index contributed by atoms with van der Waals surface area (Å²) >= 11 is 0. The second-order valence-corrected chi connectivity index (χ2v) is 4.21. The van der Waals surface area contributed by atoms with Gasteiger partial charge in [-0.25, -0.2) is 4.79 Å². The van der Waals surface area contributed by atoms with Gasteiger partial charge in [0.05, 0.1) is 5.75 Å². The number of hydrogen-bond donors (Lipinski definition) is 0. The van der Waals surface area contributed by atoms with E-state index in [0.29, 0.717) is 6.42 Å². The molecule has 0 saturated heterocycles. The molecule has 0 aromatic rings. The molecule has 0 saturated carbocycles. The van der Waals surface area contributed by atoms with Crippen LogP contribution in [-0.2, 0) is 19.1 Å². The van der Waals surface area contributed by atoms with E-state index in [0.717, 1.165) is 12.5 Å². The Labute approximate surface area is 78.7 Å². The molecule has 0 spiro atoms. The van der Waals surface area contributed by atoms with Crippen molar-refractivity contribution in [3.05, 3.63) is 12.2 Å². The molecule has 0 heterocycles. The fraction of sp³-hybridized carbons (Fsp3) is 0.625. The molecule has 0 amide bonds. The molecule has 0 aliphatic carbocycles. The summed E-state index contributed by atoms with van der Waals surface area (Å²) in [6, 6.07) is 0. The van der Waals surface area contributed by atoms with Gasteiger partial charge >= 0.3 is 16.1 Å². The molecule has 0 bridgehead atoms. The first-order valence-corrected chi connectivity index (χ1v) is 5.68. The third-order valence-electron chi connectivity index (χ3n) is 1.26. The summed E-state index contributed by atoms with van der Waals surface area (Å²) in [6.45, 7) is 3.48. The van der Waals surface area contributed by atoms with Crippen LogP contribution in [0.2, 0.25) is 0 Å². The molecule has 0 aliphatic rings. The normalized spacial score (nSPS) is 11.8. The van der Waals surface area contributed by atoms with Crippen molar-refractivity contribution < 1.29 is 17.4 Å². The SMILES string of the molecule is CC=CC(=O)OS(=O)(=O)CCCC. The third-order valence-corrected chi connectivity index (χ3v) is 2.47. The van der Waals surface area contributed by atoms with Crippen LogP contribution in [0.3, 0.4) is 0 Å². The maximum Gasteiger partial charge on any atom is 0.346 e. The number of allylic oxidation sites excluding steroid dienone is 1. The fourth-order valence-electron chi connectivity index (χ4n) is 0.652. The quantitative estimate of drug-likeness (QED) is 0.501. The number of carbonyl (C=O) groups excluding carboxylic acids is 1. The van der Waals surface area contributed by atoms with E-state index >= 15 is 0 Å². The van der Waals surface area contributed by atoms with Crippen LogP contribution in [-0.4, -0.2) is 20.1 Å². The van der Waals surface area contributed by atoms with Gasteiger partial charge in [-0.1, -0.05) is 19.4 Å². The molecule has 5 heteroatoms. The number of carbonyl (C=O) groups is 1. The van der Waals surface area contributed by atoms with Crippen LogP contribution in [0.15, 0.2) is 12.2 Å². The van der Waals surface area contributed by atoms with Crippen molar-refractivity contribution in [2.45, 2.75) is 26.7 Å². The van der Waals surface area contributed by atoms with Crippen molar-refractivity contribution in [3.63, 3.8) is 0 Å². The Hall–Kier alpha value is -0.840. The van der Waals surface area contributed by atoms with E-state index < -0.39 is 16.1 Å². The van der Waals surface area contributed by atoms with Crippen LogP contribution in [0.1, 0.15) is 26.7 Å². The van der Waals surface area contributed by atoms with Gasteiger partial charge in [-0.2, -0.15) is 8.42 Å². The number of hydrogen-bond acceptors (Lipinski definition) is 4. The molecule has 0 rings (SSSR count). The van der Waals surface area contributed by atoms with Crippen LogP contribution in [0.4, 0.5) is 0 Å². The standard InChI is InChI=1S/C8H14O4S/c1-3-5-7-13(10,11)12-8(9)6-4-2/h4,6H,3,5,7H2,1-2H3. The van der Waals surface area contributed by atoms with Crippen LogP contribution >= 0.6 is 0 Å². The highest BCUT2D eigenvalue weighted by atomic mass is 32.2. The Bertz CT molecular complexity index is 277. The van der Waals surface area contributed by atoms with Gasteiger partial charge in [-0.3, -0.25) is 0 Å². The molecular weight excluding hydrogens is 192 g/mol. The van der Waals surface area contributed by atoms with Crippen LogP contribution in [0.5, 0.6) is 0 Å². The summed E-state index contributed by atoms with van der Waals surface area (Å²) in [5, 5.41) is 0. The number of unbranched alkanes of at least 4 members (excludes halogenated alkanes) is 1. The van der Waals surface area contributed by atoms with Crippen molar-refractivity contribution in [1.82, 2.24) is 0 Å². The van der Waals surface area contributed by atoms with Gasteiger partial charge < -0.3 is 4.18 Å². The predicted octanol–water partition coefficient (Wildman–Crippen LogP) is 1.24. The summed E-state index contributed by atoms with van der Waals surface area (Å²) in [4.78, 5) is 10.7. The summed E-state index contributed by atoms with van der Waals surface area (Å²) in [7, 11) is -3.67. The van der Waals surface area contributed by atoms with E-state index in [1.54, 1.807) is 6.92 Å². The Morgan fingerprint density at radius 3 is 2.54 bits per heavy atom. The van der Waals surface area contributed by atoms with Gasteiger partial charge in [0.15, 0.2) is 0 Å². The first kappa shape index (κ1) is 12.2. The minimum absolute atomic E-state index is 0.104. The van der Waals surface area contributed by atoms with E-state index in [9.17, 15) is 13.2 Å². The highest BCUT2D eigenvalue weighted by Gasteiger charge is 2.13. The minimum Gasteiger partial charge on any atom is -0.342 e. The lowest BCUT2D eigenvalue weighted by Crippen LogP contribution is -2.14. The van der Waals surface area contributed by atoms with Gasteiger partial charge in [0.2, 0.25) is 0 Å². The molecule has 0 aromatic heterocycles. The van der Waals surface area contributed by atoms with Crippen molar-refractivity contribution in [3.8, 4) is 0 Å². The van der Waals surface area contributed by atoms with Gasteiger partial charge in [-0.15, -0.1) is 0 Å². The predicted molar refractivity (Wildman–Crippen MR) is 49.6 cm³/mol. The lowest BCUT2D eigenvalue weighted by Gasteiger charge is -2.01. The van der Waals surface area contributed by atoms with Crippen molar-refractivity contribution in [2.75, 3.05) is 5.75 Å². The van der Waals surface area contributed by atoms with E-state index in [-0.39, 0.29) is 5.75 Å². The van der Waals surface area contributed by atoms with E-state index in [1.165, 1.54) is 6.08 Å². The van der Waals surface area contributed by atoms with Crippen LogP contribution in [0, 0.1) is 0 Å². The Morgan fingerprint density at radius 2 is 2.08 bits per heavy atom. The smallest absolute Gasteiger partial charge is 0.342 e. The number of rotatable bonds is 5. The molecule has 4 nitrogen and oxygen atoms in total. The molecule has 76 valence electrons. The molecule has 0 aromatic carbocycles. The zero-order valence-electron chi connectivity index (χ0n) is 7.82. The highest BCUT2D eigenvalue weighted by molar-refractivity contribution is 7.87. The average molecular weight is 206 g/mol. The summed E-state index contributed by atoms with van der Waals surface area (Å²) in [6.07, 6.45) is 3.76. The molecule has 0 aliphatic heterocycles. The van der Waals surface area contributed by atoms with Crippen molar-refractivity contribution in [1.29, 1.82) is 0 Å². The van der Waals surface area contributed by atoms with E-state index in [2.05, 4.69) is 4.18 Å². The molecule has 0 atom stereocenters. The van der Waals surface area contributed by atoms with Gasteiger partial charge in [0.25, 0.3) is 0 Å². The minimum atomic E-state index is -3.67. The maximum absolute atomic E-state index is 11.0. The average Bonchev–Trinajstić information content (AvgIpc) is 2.00. The van der Waals surface area contributed by atoms with Crippen molar-refractivity contribution >= 4 is 16.1 Å². The summed E-state index contributed by atoms with van der Waals surface area (Å²) < 4.78 is 26.2. The second kappa shape index (κ2) is 5.75. The third kappa shape index (κ3) is 6.33. The topological polar surface area (TPSA) is 60.4 Å². The Morgan fingerprint density at radius 1 is 1.46 bits per heavy atom. The van der Waals surface area contributed by atoms with Gasteiger partial charge in [-0.05, 0) is 13.3 Å². The molecule has 0 fully saturated rings. The largest absolute Gasteiger partial charge is 0.346 e. The van der Waals surface area contributed by atoms with Crippen LogP contribution in [0.25, 0.3) is 0 Å². The summed E-state index contributed by atoms with van der Waals surface area (Å²) in [5.74, 6) is -0.939.